The van der Waals surface area contributed by atoms with Crippen LogP contribution >= 0.6 is 0 Å². The lowest BCUT2D eigenvalue weighted by Crippen LogP contribution is -2.27. The van der Waals surface area contributed by atoms with Crippen LogP contribution < -0.4 is 4.90 Å². The van der Waals surface area contributed by atoms with Gasteiger partial charge in [-0.25, -0.2) is 0 Å². The molecule has 0 aromatic heterocycles. The Morgan fingerprint density at radius 2 is 1.97 bits per heavy atom. The molecule has 1 unspecified atom stereocenters. The Morgan fingerprint density at radius 1 is 1.21 bits per heavy atom. The quantitative estimate of drug-likeness (QED) is 0.583. The van der Waals surface area contributed by atoms with E-state index in [1.807, 2.05) is 49.5 Å². The smallest absolute Gasteiger partial charge is 0.258 e. The summed E-state index contributed by atoms with van der Waals surface area (Å²) >= 11 is 0. The molecule has 0 saturated carbocycles. The first-order valence-electron chi connectivity index (χ1n) is 10.5. The van der Waals surface area contributed by atoms with E-state index >= 15 is 0 Å². The number of carbonyl (C=O) groups is 1. The molecule has 3 aromatic carbocycles. The molecular formula is C26H26NO2-. The molecule has 0 saturated heterocycles. The van der Waals surface area contributed by atoms with E-state index in [-0.39, 0.29) is 5.91 Å². The van der Waals surface area contributed by atoms with Crippen molar-refractivity contribution in [3.8, 4) is 5.75 Å². The number of anilines is 1. The van der Waals surface area contributed by atoms with Crippen molar-refractivity contribution in [2.24, 2.45) is 0 Å². The van der Waals surface area contributed by atoms with E-state index in [2.05, 4.69) is 13.8 Å². The van der Waals surface area contributed by atoms with Crippen LogP contribution in [0.4, 0.5) is 5.69 Å². The number of aromatic hydroxyl groups is 1. The number of carbonyl (C=O) groups excluding carboxylic acids is 1. The molecule has 0 fully saturated rings. The van der Waals surface area contributed by atoms with Crippen molar-refractivity contribution >= 4 is 22.4 Å². The van der Waals surface area contributed by atoms with Gasteiger partial charge in [0.2, 0.25) is 0 Å². The Hall–Kier alpha value is -2.94. The summed E-state index contributed by atoms with van der Waals surface area (Å²) in [4.78, 5) is 15.0. The number of amides is 1. The third kappa shape index (κ3) is 2.64. The summed E-state index contributed by atoms with van der Waals surface area (Å²) in [6.45, 7) is 4.29. The Morgan fingerprint density at radius 3 is 2.69 bits per heavy atom. The summed E-state index contributed by atoms with van der Waals surface area (Å²) < 4.78 is 0. The summed E-state index contributed by atoms with van der Waals surface area (Å²) in [5, 5.41) is 12.7. The molecule has 2 aliphatic rings. The lowest BCUT2D eigenvalue weighted by atomic mass is 9.81. The Balaban J connectivity index is 1.64. The van der Waals surface area contributed by atoms with Gasteiger partial charge in [0.1, 0.15) is 0 Å². The van der Waals surface area contributed by atoms with Crippen molar-refractivity contribution in [2.75, 3.05) is 11.9 Å². The number of nitrogens with zero attached hydrogens (tertiary/aromatic N) is 1. The van der Waals surface area contributed by atoms with Gasteiger partial charge in [-0.2, -0.15) is 11.5 Å². The third-order valence-corrected chi connectivity index (χ3v) is 6.84. The van der Waals surface area contributed by atoms with Gasteiger partial charge in [0.05, 0.1) is 5.75 Å². The van der Waals surface area contributed by atoms with Crippen LogP contribution in [-0.2, 0) is 12.8 Å². The third-order valence-electron chi connectivity index (χ3n) is 6.84. The highest BCUT2D eigenvalue weighted by molar-refractivity contribution is 6.09. The molecule has 5 rings (SSSR count). The first-order chi connectivity index (χ1) is 14.0. The highest BCUT2D eigenvalue weighted by atomic mass is 16.3. The number of aryl methyl sites for hydroxylation is 2. The molecule has 3 aromatic rings. The van der Waals surface area contributed by atoms with E-state index in [1.54, 1.807) is 4.90 Å². The van der Waals surface area contributed by atoms with E-state index in [1.165, 1.54) is 33.6 Å². The highest BCUT2D eigenvalue weighted by Crippen LogP contribution is 2.53. The summed E-state index contributed by atoms with van der Waals surface area (Å²) in [6.07, 6.45) is 4.08. The zero-order valence-corrected chi connectivity index (χ0v) is 17.2. The zero-order chi connectivity index (χ0) is 20.3. The number of rotatable bonds is 3. The van der Waals surface area contributed by atoms with Gasteiger partial charge in [-0.3, -0.25) is 4.79 Å². The van der Waals surface area contributed by atoms with Crippen LogP contribution in [0.25, 0.3) is 10.8 Å². The molecule has 3 heteroatoms. The maximum absolute atomic E-state index is 13.2. The largest absolute Gasteiger partial charge is 0.520 e. The van der Waals surface area contributed by atoms with Crippen molar-refractivity contribution in [2.45, 2.75) is 45.4 Å². The standard InChI is InChI=1S/C26H26NO2/c1-4-16-5-7-17(8-6-16)26(29)27(3)22-12-11-20-23(28)14-21-15(2)13-18-9-10-19(22)25(20)24(18)21/h5-8,11-12,14,18,28H,4,9-10,13H2,1-3H3/q-1. The minimum atomic E-state index is 0.00455. The van der Waals surface area contributed by atoms with Crippen molar-refractivity contribution < 1.29 is 9.90 Å². The van der Waals surface area contributed by atoms with Crippen LogP contribution in [0.1, 0.15) is 65.2 Å². The molecule has 148 valence electrons. The summed E-state index contributed by atoms with van der Waals surface area (Å²) in [7, 11) is 1.86. The molecule has 1 amide bonds. The average Bonchev–Trinajstić information content (AvgIpc) is 3.07. The van der Waals surface area contributed by atoms with Crippen LogP contribution in [-0.4, -0.2) is 18.1 Å². The van der Waals surface area contributed by atoms with Gasteiger partial charge in [0, 0.05) is 18.3 Å². The highest BCUT2D eigenvalue weighted by Gasteiger charge is 2.29. The maximum Gasteiger partial charge on any atom is 0.258 e. The van der Waals surface area contributed by atoms with Gasteiger partial charge in [-0.15, -0.1) is 11.6 Å². The van der Waals surface area contributed by atoms with E-state index in [9.17, 15) is 9.90 Å². The molecule has 0 spiro atoms. The summed E-state index contributed by atoms with van der Waals surface area (Å²) in [5.74, 6) is 2.25. The predicted molar refractivity (Wildman–Crippen MR) is 118 cm³/mol. The van der Waals surface area contributed by atoms with Crippen molar-refractivity contribution in [1.29, 1.82) is 0 Å². The van der Waals surface area contributed by atoms with E-state index in [0.717, 1.165) is 36.8 Å². The van der Waals surface area contributed by atoms with Gasteiger partial charge in [-0.05, 0) is 47.6 Å². The maximum atomic E-state index is 13.2. The second-order valence-electron chi connectivity index (χ2n) is 8.48. The van der Waals surface area contributed by atoms with Gasteiger partial charge in [0.15, 0.2) is 0 Å². The van der Waals surface area contributed by atoms with Crippen LogP contribution in [0, 0.1) is 5.92 Å². The monoisotopic (exact) mass is 384 g/mol. The topological polar surface area (TPSA) is 40.5 Å². The second-order valence-corrected chi connectivity index (χ2v) is 8.48. The van der Waals surface area contributed by atoms with Gasteiger partial charge < -0.3 is 10.0 Å². The minimum Gasteiger partial charge on any atom is -0.520 e. The molecule has 0 bridgehead atoms. The molecule has 1 atom stereocenters. The normalized spacial score (nSPS) is 17.1. The van der Waals surface area contributed by atoms with Gasteiger partial charge in [-0.1, -0.05) is 56.2 Å². The lowest BCUT2D eigenvalue weighted by molar-refractivity contribution is 0.0993. The molecular weight excluding hydrogens is 358 g/mol. The number of hydrogen-bond donors (Lipinski definition) is 1. The molecule has 3 nitrogen and oxygen atoms in total. The van der Waals surface area contributed by atoms with Crippen LogP contribution in [0.15, 0.2) is 42.5 Å². The fourth-order valence-electron chi connectivity index (χ4n) is 5.26. The number of phenolic OH excluding ortho intramolecular Hbond substituents is 1. The van der Waals surface area contributed by atoms with Gasteiger partial charge in [0.25, 0.3) is 5.91 Å². The number of phenols is 1. The van der Waals surface area contributed by atoms with Crippen molar-refractivity contribution in [3.63, 3.8) is 0 Å². The number of hydrogen-bond acceptors (Lipinski definition) is 2. The van der Waals surface area contributed by atoms with E-state index in [0.29, 0.717) is 17.2 Å². The molecule has 0 heterocycles. The van der Waals surface area contributed by atoms with Crippen molar-refractivity contribution in [1.82, 2.24) is 0 Å². The molecule has 0 radical (unpaired) electrons. The lowest BCUT2D eigenvalue weighted by Gasteiger charge is -2.32. The summed E-state index contributed by atoms with van der Waals surface area (Å²) in [5.41, 5.74) is 6.68. The molecule has 1 N–H and O–H groups in total. The SMILES string of the molecule is CCc1ccc(C(=O)N(C)c2ccc3c(O)cc4c5c3c2CCC5C[C-]4C)cc1. The fraction of sp³-hybridized carbons (Fsp3) is 0.308. The van der Waals surface area contributed by atoms with Gasteiger partial charge >= 0.3 is 0 Å². The van der Waals surface area contributed by atoms with E-state index in [4.69, 9.17) is 0 Å². The zero-order valence-electron chi connectivity index (χ0n) is 17.2. The predicted octanol–water partition coefficient (Wildman–Crippen LogP) is 5.76. The molecule has 2 aliphatic carbocycles. The van der Waals surface area contributed by atoms with Crippen LogP contribution in [0.2, 0.25) is 0 Å². The first-order valence-corrected chi connectivity index (χ1v) is 10.5. The molecule has 0 aliphatic heterocycles. The Kier molecular flexibility index (Phi) is 4.09. The fourth-order valence-corrected chi connectivity index (χ4v) is 5.26. The molecule has 29 heavy (non-hydrogen) atoms. The minimum absolute atomic E-state index is 0.00455. The van der Waals surface area contributed by atoms with Crippen molar-refractivity contribution in [3.05, 3.63) is 76.2 Å². The number of benzene rings is 3. The Bertz CT molecular complexity index is 1130. The second kappa shape index (κ2) is 6.55. The van der Waals surface area contributed by atoms with E-state index < -0.39 is 0 Å². The first kappa shape index (κ1) is 18.1. The van der Waals surface area contributed by atoms with Crippen LogP contribution in [0.3, 0.4) is 0 Å². The average molecular weight is 384 g/mol. The van der Waals surface area contributed by atoms with Crippen LogP contribution in [0.5, 0.6) is 5.75 Å². The Labute approximate surface area is 172 Å². The summed E-state index contributed by atoms with van der Waals surface area (Å²) in [6, 6.07) is 13.8.